The lowest BCUT2D eigenvalue weighted by Crippen LogP contribution is -2.47. The van der Waals surface area contributed by atoms with Crippen molar-refractivity contribution in [1.82, 2.24) is 10.3 Å². The van der Waals surface area contributed by atoms with Crippen LogP contribution in [0.4, 0.5) is 5.82 Å². The van der Waals surface area contributed by atoms with Crippen molar-refractivity contribution in [2.45, 2.75) is 45.6 Å². The van der Waals surface area contributed by atoms with Crippen LogP contribution in [-0.4, -0.2) is 23.5 Å². The highest BCUT2D eigenvalue weighted by atomic mass is 16.1. The number of amides is 1. The minimum Gasteiger partial charge on any atom is -0.373 e. The van der Waals surface area contributed by atoms with E-state index in [2.05, 4.69) is 36.4 Å². The van der Waals surface area contributed by atoms with E-state index < -0.39 is 0 Å². The van der Waals surface area contributed by atoms with Crippen LogP contribution in [0.1, 0.15) is 50.4 Å². The molecule has 0 saturated heterocycles. The molecule has 18 heavy (non-hydrogen) atoms. The second-order valence-corrected chi connectivity index (χ2v) is 4.47. The van der Waals surface area contributed by atoms with Crippen LogP contribution < -0.4 is 10.6 Å². The van der Waals surface area contributed by atoms with Gasteiger partial charge in [0.2, 0.25) is 0 Å². The predicted molar refractivity (Wildman–Crippen MR) is 74.9 cm³/mol. The lowest BCUT2D eigenvalue weighted by molar-refractivity contribution is 0.0888. The molecule has 0 fully saturated rings. The van der Waals surface area contributed by atoms with E-state index in [0.29, 0.717) is 11.4 Å². The Morgan fingerprint density at radius 3 is 2.39 bits per heavy atom. The lowest BCUT2D eigenvalue weighted by Gasteiger charge is -2.31. The van der Waals surface area contributed by atoms with Crippen LogP contribution >= 0.6 is 0 Å². The van der Waals surface area contributed by atoms with Gasteiger partial charge in [-0.05, 0) is 31.4 Å². The molecule has 1 rings (SSSR count). The first-order valence-corrected chi connectivity index (χ1v) is 6.57. The van der Waals surface area contributed by atoms with E-state index in [1.165, 1.54) is 0 Å². The third-order valence-corrected chi connectivity index (χ3v) is 3.69. The Morgan fingerprint density at radius 2 is 1.89 bits per heavy atom. The number of nitrogens with zero attached hydrogens (tertiary/aromatic N) is 1. The monoisotopic (exact) mass is 249 g/mol. The van der Waals surface area contributed by atoms with Gasteiger partial charge in [0, 0.05) is 24.3 Å². The topological polar surface area (TPSA) is 54.0 Å². The highest BCUT2D eigenvalue weighted by molar-refractivity contribution is 5.95. The number of nitrogens with one attached hydrogen (secondary N) is 2. The molecular weight excluding hydrogens is 226 g/mol. The quantitative estimate of drug-likeness (QED) is 0.815. The summed E-state index contributed by atoms with van der Waals surface area (Å²) < 4.78 is 0. The molecule has 2 N–H and O–H groups in total. The molecule has 1 aromatic rings. The second kappa shape index (κ2) is 6.38. The third kappa shape index (κ3) is 3.22. The number of anilines is 1. The molecule has 1 aromatic heterocycles. The fourth-order valence-corrected chi connectivity index (χ4v) is 2.04. The van der Waals surface area contributed by atoms with Crippen molar-refractivity contribution in [3.8, 4) is 0 Å². The molecule has 0 aromatic carbocycles. The fourth-order valence-electron chi connectivity index (χ4n) is 2.04. The number of carbonyl (C=O) groups excluding carboxylic acids is 1. The second-order valence-electron chi connectivity index (χ2n) is 4.47. The Morgan fingerprint density at radius 1 is 1.28 bits per heavy atom. The van der Waals surface area contributed by atoms with Crippen molar-refractivity contribution in [2.24, 2.45) is 0 Å². The minimum absolute atomic E-state index is 0.0283. The largest absolute Gasteiger partial charge is 0.373 e. The van der Waals surface area contributed by atoms with Crippen molar-refractivity contribution in [3.63, 3.8) is 0 Å². The average Bonchev–Trinajstić information content (AvgIpc) is 2.44. The molecule has 0 radical (unpaired) electrons. The van der Waals surface area contributed by atoms with Gasteiger partial charge in [-0.1, -0.05) is 20.8 Å². The van der Waals surface area contributed by atoms with Crippen LogP contribution in [0, 0.1) is 0 Å². The van der Waals surface area contributed by atoms with Crippen LogP contribution in [0.15, 0.2) is 18.3 Å². The summed E-state index contributed by atoms with van der Waals surface area (Å²) in [4.78, 5) is 16.3. The normalized spacial score (nSPS) is 11.1. The zero-order valence-corrected chi connectivity index (χ0v) is 11.7. The van der Waals surface area contributed by atoms with Crippen molar-refractivity contribution in [3.05, 3.63) is 23.9 Å². The van der Waals surface area contributed by atoms with Crippen molar-refractivity contribution in [1.29, 1.82) is 0 Å². The van der Waals surface area contributed by atoms with E-state index in [0.717, 1.165) is 19.3 Å². The van der Waals surface area contributed by atoms with Gasteiger partial charge < -0.3 is 10.6 Å². The van der Waals surface area contributed by atoms with Crippen LogP contribution in [0.3, 0.4) is 0 Å². The van der Waals surface area contributed by atoms with Crippen molar-refractivity contribution >= 4 is 11.7 Å². The average molecular weight is 249 g/mol. The summed E-state index contributed by atoms with van der Waals surface area (Å²) >= 11 is 0. The lowest BCUT2D eigenvalue weighted by atomic mass is 9.89. The van der Waals surface area contributed by atoms with Gasteiger partial charge in [-0.15, -0.1) is 0 Å². The van der Waals surface area contributed by atoms with Gasteiger partial charge in [-0.3, -0.25) is 4.79 Å². The van der Waals surface area contributed by atoms with Gasteiger partial charge in [0.05, 0.1) is 0 Å². The Balaban J connectivity index is 2.86. The van der Waals surface area contributed by atoms with E-state index in [9.17, 15) is 4.79 Å². The van der Waals surface area contributed by atoms with E-state index in [1.54, 1.807) is 25.4 Å². The number of carbonyl (C=O) groups is 1. The molecule has 0 spiro atoms. The molecule has 1 amide bonds. The number of pyridine rings is 1. The first kappa shape index (κ1) is 14.5. The molecule has 0 bridgehead atoms. The number of hydrogen-bond donors (Lipinski definition) is 2. The molecule has 0 aliphatic heterocycles. The summed E-state index contributed by atoms with van der Waals surface area (Å²) in [6.07, 6.45) is 4.47. The summed E-state index contributed by atoms with van der Waals surface area (Å²) in [5, 5.41) is 6.09. The predicted octanol–water partition coefficient (Wildman–Crippen LogP) is 2.82. The molecule has 4 heteroatoms. The summed E-state index contributed by atoms with van der Waals surface area (Å²) in [5.41, 5.74) is 0.550. The Labute approximate surface area is 109 Å². The highest BCUT2D eigenvalue weighted by Gasteiger charge is 2.26. The van der Waals surface area contributed by atoms with Crippen LogP contribution in [0.25, 0.3) is 0 Å². The van der Waals surface area contributed by atoms with Crippen molar-refractivity contribution in [2.75, 3.05) is 12.4 Å². The highest BCUT2D eigenvalue weighted by Crippen LogP contribution is 2.20. The maximum absolute atomic E-state index is 12.2. The zero-order valence-electron chi connectivity index (χ0n) is 11.7. The van der Waals surface area contributed by atoms with Gasteiger partial charge in [0.25, 0.3) is 5.91 Å². The van der Waals surface area contributed by atoms with E-state index in [1.807, 2.05) is 0 Å². The smallest absolute Gasteiger partial charge is 0.251 e. The van der Waals surface area contributed by atoms with Gasteiger partial charge in [-0.2, -0.15) is 0 Å². The molecule has 0 atom stereocenters. The molecule has 100 valence electrons. The first-order chi connectivity index (χ1) is 8.60. The summed E-state index contributed by atoms with van der Waals surface area (Å²) in [7, 11) is 1.79. The van der Waals surface area contributed by atoms with Crippen LogP contribution in [0.5, 0.6) is 0 Å². The standard InChI is InChI=1S/C14H23N3O/c1-5-14(6-2,7-3)17-13(18)11-8-9-16-12(10-11)15-4/h8-10H,5-7H2,1-4H3,(H,15,16)(H,17,18). The first-order valence-electron chi connectivity index (χ1n) is 6.57. The van der Waals surface area contributed by atoms with Gasteiger partial charge >= 0.3 is 0 Å². The summed E-state index contributed by atoms with van der Waals surface area (Å²) in [6.45, 7) is 6.33. The van der Waals surface area contributed by atoms with Crippen LogP contribution in [0.2, 0.25) is 0 Å². The number of aromatic nitrogens is 1. The van der Waals surface area contributed by atoms with E-state index >= 15 is 0 Å². The Hall–Kier alpha value is -1.58. The van der Waals surface area contributed by atoms with Crippen LogP contribution in [-0.2, 0) is 0 Å². The van der Waals surface area contributed by atoms with Crippen molar-refractivity contribution < 1.29 is 4.79 Å². The fraction of sp³-hybridized carbons (Fsp3) is 0.571. The maximum atomic E-state index is 12.2. The minimum atomic E-state index is -0.0971. The van der Waals surface area contributed by atoms with Gasteiger partial charge in [-0.25, -0.2) is 4.98 Å². The SMILES string of the molecule is CCC(CC)(CC)NC(=O)c1ccnc(NC)c1. The number of hydrogen-bond acceptors (Lipinski definition) is 3. The molecular formula is C14H23N3O. The maximum Gasteiger partial charge on any atom is 0.251 e. The molecule has 0 unspecified atom stereocenters. The third-order valence-electron chi connectivity index (χ3n) is 3.69. The van der Waals surface area contributed by atoms with Gasteiger partial charge in [0.1, 0.15) is 5.82 Å². The zero-order chi connectivity index (χ0) is 13.6. The Kier molecular flexibility index (Phi) is 5.13. The van der Waals surface area contributed by atoms with Gasteiger partial charge in [0.15, 0.2) is 0 Å². The van der Waals surface area contributed by atoms with E-state index in [-0.39, 0.29) is 11.4 Å². The Bertz CT molecular complexity index is 392. The van der Waals surface area contributed by atoms with E-state index in [4.69, 9.17) is 0 Å². The molecule has 0 saturated carbocycles. The molecule has 4 nitrogen and oxygen atoms in total. The molecule has 0 aliphatic carbocycles. The summed E-state index contributed by atoms with van der Waals surface area (Å²) in [5.74, 6) is 0.678. The molecule has 0 aliphatic rings. The summed E-state index contributed by atoms with van der Waals surface area (Å²) in [6, 6.07) is 3.50. The molecule has 1 heterocycles. The number of rotatable bonds is 6.